The molecule has 0 unspecified atom stereocenters. The molecule has 0 aliphatic rings. The molecule has 0 bridgehead atoms. The Morgan fingerprint density at radius 1 is 1.20 bits per heavy atom. The van der Waals surface area contributed by atoms with Crippen molar-refractivity contribution in [3.63, 3.8) is 0 Å². The van der Waals surface area contributed by atoms with Crippen LogP contribution in [0.3, 0.4) is 0 Å². The predicted octanol–water partition coefficient (Wildman–Crippen LogP) is 2.61. The average molecular weight is 443 g/mol. The molecule has 0 saturated heterocycles. The van der Waals surface area contributed by atoms with Crippen molar-refractivity contribution in [2.45, 2.75) is 47.3 Å². The van der Waals surface area contributed by atoms with Gasteiger partial charge in [-0.3, -0.25) is 9.36 Å². The SMILES string of the molecule is CCOP(=O)(CO[C@H](COC(=O)C(C)(C)C)Cn1cnc2c(N)ncnc21)OCC. The summed E-state index contributed by atoms with van der Waals surface area (Å²) in [4.78, 5) is 24.5. The highest BCUT2D eigenvalue weighted by Crippen LogP contribution is 2.48. The number of imidazole rings is 1. The molecule has 0 aliphatic heterocycles. The van der Waals surface area contributed by atoms with Gasteiger partial charge in [-0.25, -0.2) is 15.0 Å². The maximum Gasteiger partial charge on any atom is 0.356 e. The number of carbonyl (C=O) groups is 1. The van der Waals surface area contributed by atoms with Crippen molar-refractivity contribution in [1.29, 1.82) is 0 Å². The van der Waals surface area contributed by atoms with Crippen LogP contribution in [-0.2, 0) is 34.4 Å². The molecule has 30 heavy (non-hydrogen) atoms. The molecule has 2 N–H and O–H groups in total. The number of carbonyl (C=O) groups excluding carboxylic acids is 1. The number of hydrogen-bond donors (Lipinski definition) is 1. The average Bonchev–Trinajstić information content (AvgIpc) is 3.07. The summed E-state index contributed by atoms with van der Waals surface area (Å²) < 4.78 is 36.2. The first kappa shape index (κ1) is 24.2. The highest BCUT2D eigenvalue weighted by molar-refractivity contribution is 7.53. The smallest absolute Gasteiger partial charge is 0.356 e. The Bertz CT molecular complexity index is 887. The molecule has 2 heterocycles. The Morgan fingerprint density at radius 2 is 1.87 bits per heavy atom. The van der Waals surface area contributed by atoms with Crippen LogP contribution < -0.4 is 5.73 Å². The van der Waals surface area contributed by atoms with Gasteiger partial charge in [-0.2, -0.15) is 0 Å². The minimum Gasteiger partial charge on any atom is -0.462 e. The van der Waals surface area contributed by atoms with Crippen molar-refractivity contribution >= 4 is 30.5 Å². The first-order valence-electron chi connectivity index (χ1n) is 9.68. The molecule has 0 radical (unpaired) electrons. The van der Waals surface area contributed by atoms with Gasteiger partial charge in [-0.05, 0) is 34.6 Å². The van der Waals surface area contributed by atoms with E-state index in [1.165, 1.54) is 6.33 Å². The quantitative estimate of drug-likeness (QED) is 0.407. The van der Waals surface area contributed by atoms with Crippen LogP contribution in [0.25, 0.3) is 11.2 Å². The molecular weight excluding hydrogens is 413 g/mol. The van der Waals surface area contributed by atoms with Gasteiger partial charge in [-0.15, -0.1) is 0 Å². The van der Waals surface area contributed by atoms with E-state index in [0.29, 0.717) is 11.2 Å². The zero-order valence-corrected chi connectivity index (χ0v) is 18.9. The van der Waals surface area contributed by atoms with E-state index in [0.717, 1.165) is 0 Å². The molecule has 0 aromatic carbocycles. The summed E-state index contributed by atoms with van der Waals surface area (Å²) >= 11 is 0. The van der Waals surface area contributed by atoms with E-state index in [1.54, 1.807) is 45.5 Å². The summed E-state index contributed by atoms with van der Waals surface area (Å²) in [5, 5.41) is 0. The lowest BCUT2D eigenvalue weighted by molar-refractivity contribution is -0.157. The van der Waals surface area contributed by atoms with E-state index in [1.807, 2.05) is 0 Å². The van der Waals surface area contributed by atoms with E-state index >= 15 is 0 Å². The number of ether oxygens (including phenoxy) is 2. The second kappa shape index (κ2) is 10.3. The molecule has 2 rings (SSSR count). The van der Waals surface area contributed by atoms with Crippen LogP contribution in [0, 0.1) is 5.41 Å². The van der Waals surface area contributed by atoms with Gasteiger partial charge in [0.05, 0.1) is 31.5 Å². The lowest BCUT2D eigenvalue weighted by Crippen LogP contribution is -2.31. The van der Waals surface area contributed by atoms with E-state index in [2.05, 4.69) is 15.0 Å². The number of anilines is 1. The van der Waals surface area contributed by atoms with Crippen molar-refractivity contribution in [2.24, 2.45) is 5.41 Å². The van der Waals surface area contributed by atoms with Crippen LogP contribution in [-0.4, -0.2) is 57.8 Å². The lowest BCUT2D eigenvalue weighted by atomic mass is 9.97. The summed E-state index contributed by atoms with van der Waals surface area (Å²) in [6.45, 7) is 9.30. The standard InChI is InChI=1S/C18H30N5O6P/c1-6-28-30(25,29-7-2)12-27-13(9-26-17(24)18(3,4)5)8-23-11-22-14-15(19)20-10-21-16(14)23/h10-11,13H,6-9,12H2,1-5H3,(H2,19,20,21)/t13-/m0/s1. The van der Waals surface area contributed by atoms with Crippen molar-refractivity contribution in [3.05, 3.63) is 12.7 Å². The fraction of sp³-hybridized carbons (Fsp3) is 0.667. The summed E-state index contributed by atoms with van der Waals surface area (Å²) in [6, 6.07) is 0. The van der Waals surface area contributed by atoms with Gasteiger partial charge in [0, 0.05) is 0 Å². The summed E-state index contributed by atoms with van der Waals surface area (Å²) in [5.74, 6) is -0.122. The Kier molecular flexibility index (Phi) is 8.31. The van der Waals surface area contributed by atoms with Gasteiger partial charge >= 0.3 is 13.6 Å². The third-order valence-corrected chi connectivity index (χ3v) is 5.73. The summed E-state index contributed by atoms with van der Waals surface area (Å²) in [5.41, 5.74) is 6.13. The number of fused-ring (bicyclic) bond motifs is 1. The summed E-state index contributed by atoms with van der Waals surface area (Å²) in [7, 11) is -3.43. The normalized spacial score (nSPS) is 13.5. The van der Waals surface area contributed by atoms with E-state index in [4.69, 9.17) is 24.3 Å². The van der Waals surface area contributed by atoms with Gasteiger partial charge in [0.1, 0.15) is 30.9 Å². The fourth-order valence-electron chi connectivity index (χ4n) is 2.49. The Balaban J connectivity index is 2.18. The van der Waals surface area contributed by atoms with Crippen molar-refractivity contribution in [2.75, 3.05) is 31.9 Å². The number of nitrogen functional groups attached to an aromatic ring is 1. The maximum absolute atomic E-state index is 12.7. The number of hydrogen-bond acceptors (Lipinski definition) is 10. The van der Waals surface area contributed by atoms with Crippen molar-refractivity contribution in [1.82, 2.24) is 19.5 Å². The van der Waals surface area contributed by atoms with Crippen molar-refractivity contribution < 1.29 is 27.9 Å². The molecule has 2 aromatic rings. The third kappa shape index (κ3) is 6.46. The number of nitrogens with two attached hydrogens (primary N) is 1. The highest BCUT2D eigenvalue weighted by Gasteiger charge is 2.29. The fourth-order valence-corrected chi connectivity index (χ4v) is 3.90. The second-order valence-electron chi connectivity index (χ2n) is 7.54. The molecule has 0 spiro atoms. The molecule has 0 fully saturated rings. The number of aromatic nitrogens is 4. The van der Waals surface area contributed by atoms with Crippen LogP contribution in [0.5, 0.6) is 0 Å². The van der Waals surface area contributed by atoms with Crippen molar-refractivity contribution in [3.8, 4) is 0 Å². The molecule has 11 nitrogen and oxygen atoms in total. The second-order valence-corrected chi connectivity index (χ2v) is 9.54. The van der Waals surface area contributed by atoms with Crippen LogP contribution in [0.2, 0.25) is 0 Å². The number of rotatable bonds is 11. The van der Waals surface area contributed by atoms with Crippen LogP contribution in [0.1, 0.15) is 34.6 Å². The lowest BCUT2D eigenvalue weighted by Gasteiger charge is -2.24. The van der Waals surface area contributed by atoms with Gasteiger partial charge in [-0.1, -0.05) is 0 Å². The predicted molar refractivity (Wildman–Crippen MR) is 111 cm³/mol. The molecule has 2 aromatic heterocycles. The zero-order chi connectivity index (χ0) is 22.4. The van der Waals surface area contributed by atoms with E-state index < -0.39 is 19.1 Å². The minimum atomic E-state index is -3.43. The monoisotopic (exact) mass is 443 g/mol. The van der Waals surface area contributed by atoms with Gasteiger partial charge < -0.3 is 28.8 Å². The van der Waals surface area contributed by atoms with Crippen LogP contribution >= 0.6 is 7.60 Å². The molecular formula is C18H30N5O6P. The van der Waals surface area contributed by atoms with Gasteiger partial charge in [0.25, 0.3) is 0 Å². The molecule has 12 heteroatoms. The molecule has 1 atom stereocenters. The Morgan fingerprint density at radius 3 is 2.47 bits per heavy atom. The van der Waals surface area contributed by atoms with E-state index in [9.17, 15) is 9.36 Å². The van der Waals surface area contributed by atoms with E-state index in [-0.39, 0.29) is 44.5 Å². The molecule has 168 valence electrons. The minimum absolute atomic E-state index is 0.0609. The topological polar surface area (TPSA) is 141 Å². The molecule has 0 amide bonds. The highest BCUT2D eigenvalue weighted by atomic mass is 31.2. The van der Waals surface area contributed by atoms with Gasteiger partial charge in [0.2, 0.25) is 0 Å². The Hall–Kier alpha value is -2.07. The molecule has 0 aliphatic carbocycles. The first-order chi connectivity index (χ1) is 14.1. The number of nitrogens with zero attached hydrogens (tertiary/aromatic N) is 4. The largest absolute Gasteiger partial charge is 0.462 e. The first-order valence-corrected chi connectivity index (χ1v) is 11.4. The van der Waals surface area contributed by atoms with Gasteiger partial charge in [0.15, 0.2) is 11.5 Å². The Labute approximate surface area is 175 Å². The van der Waals surface area contributed by atoms with Crippen LogP contribution in [0.15, 0.2) is 12.7 Å². The third-order valence-electron chi connectivity index (χ3n) is 3.96. The summed E-state index contributed by atoms with van der Waals surface area (Å²) in [6.07, 6.45) is 1.95. The maximum atomic E-state index is 12.7. The van der Waals surface area contributed by atoms with Crippen LogP contribution in [0.4, 0.5) is 5.82 Å². The molecule has 0 saturated carbocycles. The zero-order valence-electron chi connectivity index (χ0n) is 18.0. The number of esters is 1.